The average molecular weight is 268 g/mol. The molecule has 1 aromatic carbocycles. The highest BCUT2D eigenvalue weighted by molar-refractivity contribution is 6.06. The van der Waals surface area contributed by atoms with E-state index in [1.54, 1.807) is 4.68 Å². The van der Waals surface area contributed by atoms with Gasteiger partial charge in [-0.15, -0.1) is 0 Å². The number of benzene rings is 1. The fourth-order valence-corrected chi connectivity index (χ4v) is 2.30. The van der Waals surface area contributed by atoms with Crippen LogP contribution in [0.15, 0.2) is 42.9 Å². The van der Waals surface area contributed by atoms with Crippen LogP contribution in [-0.4, -0.2) is 27.2 Å². The van der Waals surface area contributed by atoms with E-state index in [2.05, 4.69) is 15.4 Å². The third-order valence-corrected chi connectivity index (χ3v) is 3.30. The second-order valence-corrected chi connectivity index (χ2v) is 4.77. The Balaban J connectivity index is 1.66. The number of nitrogens with zero attached hydrogens (tertiary/aromatic N) is 2. The monoisotopic (exact) mass is 268 g/mol. The van der Waals surface area contributed by atoms with Crippen molar-refractivity contribution in [3.05, 3.63) is 54.0 Å². The van der Waals surface area contributed by atoms with E-state index >= 15 is 0 Å². The first-order valence-electron chi connectivity index (χ1n) is 6.56. The van der Waals surface area contributed by atoms with E-state index < -0.39 is 0 Å². The van der Waals surface area contributed by atoms with Gasteiger partial charge in [-0.05, 0) is 30.2 Å². The second-order valence-electron chi connectivity index (χ2n) is 4.77. The Morgan fingerprint density at radius 1 is 1.40 bits per heavy atom. The number of fused-ring (bicyclic) bond motifs is 1. The smallest absolute Gasteiger partial charge is 0.251 e. The Morgan fingerprint density at radius 3 is 3.10 bits per heavy atom. The minimum atomic E-state index is -0.0425. The zero-order valence-electron chi connectivity index (χ0n) is 11.3. The van der Waals surface area contributed by atoms with E-state index in [4.69, 9.17) is 0 Å². The summed E-state index contributed by atoms with van der Waals surface area (Å²) in [5.74, 6) is -0.0425. The molecule has 0 spiro atoms. The molecule has 1 amide bonds. The van der Waals surface area contributed by atoms with Crippen molar-refractivity contribution in [2.45, 2.75) is 6.42 Å². The van der Waals surface area contributed by atoms with E-state index in [0.717, 1.165) is 22.9 Å². The summed E-state index contributed by atoms with van der Waals surface area (Å²) in [4.78, 5) is 15.3. The minimum absolute atomic E-state index is 0.0425. The molecule has 3 rings (SSSR count). The summed E-state index contributed by atoms with van der Waals surface area (Å²) in [7, 11) is 1.88. The van der Waals surface area contributed by atoms with Gasteiger partial charge in [-0.25, -0.2) is 0 Å². The number of H-pyrrole nitrogens is 1. The maximum Gasteiger partial charge on any atom is 0.251 e. The SMILES string of the molecule is Cn1cc(CCNC(=O)c2cccc3[nH]ccc23)cn1. The molecule has 0 aliphatic rings. The minimum Gasteiger partial charge on any atom is -0.361 e. The number of carbonyl (C=O) groups is 1. The second kappa shape index (κ2) is 5.21. The van der Waals surface area contributed by atoms with Crippen LogP contribution < -0.4 is 5.32 Å². The molecular weight excluding hydrogens is 252 g/mol. The molecule has 3 aromatic rings. The number of rotatable bonds is 4. The normalized spacial score (nSPS) is 10.8. The molecule has 0 fully saturated rings. The molecule has 0 aliphatic heterocycles. The average Bonchev–Trinajstić information content (AvgIpc) is 3.06. The summed E-state index contributed by atoms with van der Waals surface area (Å²) < 4.78 is 1.76. The molecule has 2 N–H and O–H groups in total. The standard InChI is InChI=1S/C15H16N4O/c1-19-10-11(9-18-19)5-7-17-15(20)13-3-2-4-14-12(13)6-8-16-14/h2-4,6,8-10,16H,5,7H2,1H3,(H,17,20). The lowest BCUT2D eigenvalue weighted by atomic mass is 10.1. The van der Waals surface area contributed by atoms with Gasteiger partial charge in [0.1, 0.15) is 0 Å². The molecule has 102 valence electrons. The molecule has 0 radical (unpaired) electrons. The number of nitrogens with one attached hydrogen (secondary N) is 2. The van der Waals surface area contributed by atoms with Crippen LogP contribution in [0.4, 0.5) is 0 Å². The molecule has 0 atom stereocenters. The van der Waals surface area contributed by atoms with Crippen molar-refractivity contribution in [3.8, 4) is 0 Å². The highest BCUT2D eigenvalue weighted by Crippen LogP contribution is 2.17. The highest BCUT2D eigenvalue weighted by atomic mass is 16.1. The van der Waals surface area contributed by atoms with E-state index in [-0.39, 0.29) is 5.91 Å². The van der Waals surface area contributed by atoms with Crippen molar-refractivity contribution in [1.29, 1.82) is 0 Å². The van der Waals surface area contributed by atoms with Gasteiger partial charge in [-0.3, -0.25) is 9.48 Å². The lowest BCUT2D eigenvalue weighted by molar-refractivity contribution is 0.0956. The molecule has 2 heterocycles. The zero-order valence-corrected chi connectivity index (χ0v) is 11.3. The third-order valence-electron chi connectivity index (χ3n) is 3.30. The van der Waals surface area contributed by atoms with Crippen LogP contribution in [0.5, 0.6) is 0 Å². The van der Waals surface area contributed by atoms with Gasteiger partial charge >= 0.3 is 0 Å². The Hall–Kier alpha value is -2.56. The predicted octanol–water partition coefficient (Wildman–Crippen LogP) is 1.87. The number of aromatic amines is 1. The fraction of sp³-hybridized carbons (Fsp3) is 0.200. The largest absolute Gasteiger partial charge is 0.361 e. The van der Waals surface area contributed by atoms with E-state index in [9.17, 15) is 4.79 Å². The van der Waals surface area contributed by atoms with Crippen LogP contribution in [-0.2, 0) is 13.5 Å². The summed E-state index contributed by atoms with van der Waals surface area (Å²) in [6, 6.07) is 7.61. The molecule has 5 nitrogen and oxygen atoms in total. The molecule has 0 aliphatic carbocycles. The summed E-state index contributed by atoms with van der Waals surface area (Å²) in [6.45, 7) is 0.603. The topological polar surface area (TPSA) is 62.7 Å². The third kappa shape index (κ3) is 2.42. The highest BCUT2D eigenvalue weighted by Gasteiger charge is 2.09. The quantitative estimate of drug-likeness (QED) is 0.759. The molecule has 0 saturated heterocycles. The summed E-state index contributed by atoms with van der Waals surface area (Å²) >= 11 is 0. The molecule has 20 heavy (non-hydrogen) atoms. The van der Waals surface area contributed by atoms with Crippen molar-refractivity contribution >= 4 is 16.8 Å². The number of aryl methyl sites for hydroxylation is 1. The van der Waals surface area contributed by atoms with Crippen LogP contribution in [0, 0.1) is 0 Å². The number of hydrogen-bond acceptors (Lipinski definition) is 2. The van der Waals surface area contributed by atoms with E-state index in [1.807, 2.05) is 49.9 Å². The van der Waals surface area contributed by atoms with Gasteiger partial charge in [0.2, 0.25) is 0 Å². The Kier molecular flexibility index (Phi) is 3.25. The molecule has 0 bridgehead atoms. The number of amides is 1. The number of aromatic nitrogens is 3. The van der Waals surface area contributed by atoms with Gasteiger partial charge in [0.15, 0.2) is 0 Å². The summed E-state index contributed by atoms with van der Waals surface area (Å²) in [5.41, 5.74) is 2.80. The molecule has 0 saturated carbocycles. The van der Waals surface area contributed by atoms with Crippen molar-refractivity contribution in [3.63, 3.8) is 0 Å². The van der Waals surface area contributed by atoms with Gasteiger partial charge in [0.05, 0.1) is 6.20 Å². The lowest BCUT2D eigenvalue weighted by Crippen LogP contribution is -2.25. The Morgan fingerprint density at radius 2 is 2.30 bits per heavy atom. The lowest BCUT2D eigenvalue weighted by Gasteiger charge is -2.05. The van der Waals surface area contributed by atoms with Crippen LogP contribution in [0.25, 0.3) is 10.9 Å². The molecule has 0 unspecified atom stereocenters. The van der Waals surface area contributed by atoms with Crippen LogP contribution in [0.2, 0.25) is 0 Å². The van der Waals surface area contributed by atoms with Gasteiger partial charge in [-0.1, -0.05) is 6.07 Å². The molecular formula is C15H16N4O. The van der Waals surface area contributed by atoms with E-state index in [0.29, 0.717) is 12.1 Å². The van der Waals surface area contributed by atoms with Crippen LogP contribution in [0.1, 0.15) is 15.9 Å². The molecule has 5 heteroatoms. The first-order valence-corrected chi connectivity index (χ1v) is 6.56. The fourth-order valence-electron chi connectivity index (χ4n) is 2.30. The summed E-state index contributed by atoms with van der Waals surface area (Å²) in [6.07, 6.45) is 6.40. The van der Waals surface area contributed by atoms with Gasteiger partial charge in [0.25, 0.3) is 5.91 Å². The van der Waals surface area contributed by atoms with Gasteiger partial charge in [-0.2, -0.15) is 5.10 Å². The predicted molar refractivity (Wildman–Crippen MR) is 77.5 cm³/mol. The number of hydrogen-bond donors (Lipinski definition) is 2. The van der Waals surface area contributed by atoms with E-state index in [1.165, 1.54) is 0 Å². The maximum atomic E-state index is 12.2. The van der Waals surface area contributed by atoms with Crippen molar-refractivity contribution in [2.75, 3.05) is 6.54 Å². The zero-order chi connectivity index (χ0) is 13.9. The van der Waals surface area contributed by atoms with Gasteiger partial charge < -0.3 is 10.3 Å². The van der Waals surface area contributed by atoms with Crippen molar-refractivity contribution in [1.82, 2.24) is 20.1 Å². The maximum absolute atomic E-state index is 12.2. The molecule has 2 aromatic heterocycles. The Labute approximate surface area is 116 Å². The van der Waals surface area contributed by atoms with Crippen molar-refractivity contribution < 1.29 is 4.79 Å². The Bertz CT molecular complexity index is 741. The first kappa shape index (κ1) is 12.5. The first-order chi connectivity index (χ1) is 9.74. The number of carbonyl (C=O) groups excluding carboxylic acids is 1. The summed E-state index contributed by atoms with van der Waals surface area (Å²) in [5, 5.41) is 8.01. The van der Waals surface area contributed by atoms with Crippen LogP contribution in [0.3, 0.4) is 0 Å². The van der Waals surface area contributed by atoms with Crippen molar-refractivity contribution in [2.24, 2.45) is 7.05 Å². The van der Waals surface area contributed by atoms with Gasteiger partial charge in [0, 0.05) is 42.5 Å². The van der Waals surface area contributed by atoms with Crippen LogP contribution >= 0.6 is 0 Å².